The number of nitrogens with zero attached hydrogens (tertiary/aromatic N) is 1. The van der Waals surface area contributed by atoms with Gasteiger partial charge < -0.3 is 5.21 Å². The Labute approximate surface area is 69.3 Å². The zero-order chi connectivity index (χ0) is 8.36. The number of unbranched alkanes of at least 4 members (excludes halogenated alkanes) is 6. The smallest absolute Gasteiger partial charge is 0.0435 e. The lowest BCUT2D eigenvalue weighted by Crippen LogP contribution is -1.80. The highest BCUT2D eigenvalue weighted by molar-refractivity contribution is 5.55. The predicted molar refractivity (Wildman–Crippen MR) is 48.3 cm³/mol. The Hall–Kier alpha value is -0.530. The van der Waals surface area contributed by atoms with E-state index in [1.807, 2.05) is 0 Å². The minimum Gasteiger partial charge on any atom is -0.411 e. The van der Waals surface area contributed by atoms with Gasteiger partial charge in [-0.1, -0.05) is 39.0 Å². The molecule has 1 N–H and O–H groups in total. The molecule has 0 aromatic rings. The summed E-state index contributed by atoms with van der Waals surface area (Å²) < 4.78 is 0. The van der Waals surface area contributed by atoms with Crippen LogP contribution in [0.5, 0.6) is 0 Å². The summed E-state index contributed by atoms with van der Waals surface area (Å²) in [7, 11) is 0. The van der Waals surface area contributed by atoms with E-state index < -0.39 is 0 Å². The first-order chi connectivity index (χ1) is 5.41. The SMILES string of the molecule is CCCCCCCC/C=N\O. The van der Waals surface area contributed by atoms with Crippen LogP contribution in [0.4, 0.5) is 0 Å². The van der Waals surface area contributed by atoms with Crippen LogP contribution < -0.4 is 0 Å². The van der Waals surface area contributed by atoms with Crippen LogP contribution in [-0.4, -0.2) is 11.4 Å². The van der Waals surface area contributed by atoms with Crippen molar-refractivity contribution in [2.45, 2.75) is 51.9 Å². The van der Waals surface area contributed by atoms with Crippen molar-refractivity contribution in [2.75, 3.05) is 0 Å². The average Bonchev–Trinajstić information content (AvgIpc) is 2.03. The lowest BCUT2D eigenvalue weighted by Gasteiger charge is -1.96. The van der Waals surface area contributed by atoms with Crippen molar-refractivity contribution in [1.29, 1.82) is 0 Å². The van der Waals surface area contributed by atoms with Crippen LogP contribution in [0, 0.1) is 0 Å². The molecule has 11 heavy (non-hydrogen) atoms. The third kappa shape index (κ3) is 9.47. The molecule has 0 atom stereocenters. The molecule has 0 heterocycles. The molecule has 0 saturated heterocycles. The molecule has 0 aliphatic rings. The van der Waals surface area contributed by atoms with Gasteiger partial charge in [-0.3, -0.25) is 0 Å². The number of hydrogen-bond donors (Lipinski definition) is 1. The van der Waals surface area contributed by atoms with Crippen LogP contribution in [0.2, 0.25) is 0 Å². The van der Waals surface area contributed by atoms with Crippen LogP contribution in [0.1, 0.15) is 51.9 Å². The Balaban J connectivity index is 2.79. The topological polar surface area (TPSA) is 32.6 Å². The average molecular weight is 157 g/mol. The summed E-state index contributed by atoms with van der Waals surface area (Å²) in [6.45, 7) is 2.22. The first-order valence-corrected chi connectivity index (χ1v) is 4.57. The normalized spacial score (nSPS) is 11.0. The Morgan fingerprint density at radius 1 is 1.09 bits per heavy atom. The largest absolute Gasteiger partial charge is 0.411 e. The van der Waals surface area contributed by atoms with Crippen molar-refractivity contribution in [3.05, 3.63) is 0 Å². The van der Waals surface area contributed by atoms with Crippen molar-refractivity contribution in [3.63, 3.8) is 0 Å². The van der Waals surface area contributed by atoms with Crippen molar-refractivity contribution in [3.8, 4) is 0 Å². The molecule has 0 spiro atoms. The summed E-state index contributed by atoms with van der Waals surface area (Å²) in [5.41, 5.74) is 0. The second-order valence-electron chi connectivity index (χ2n) is 2.85. The van der Waals surface area contributed by atoms with Gasteiger partial charge in [0.1, 0.15) is 0 Å². The molecule has 66 valence electrons. The van der Waals surface area contributed by atoms with Gasteiger partial charge in [0, 0.05) is 6.21 Å². The summed E-state index contributed by atoms with van der Waals surface area (Å²) in [5, 5.41) is 11.0. The van der Waals surface area contributed by atoms with E-state index in [4.69, 9.17) is 5.21 Å². The molecule has 2 heteroatoms. The molecule has 0 saturated carbocycles. The maximum atomic E-state index is 8.08. The van der Waals surface area contributed by atoms with Crippen molar-refractivity contribution >= 4 is 6.21 Å². The van der Waals surface area contributed by atoms with Gasteiger partial charge in [-0.15, -0.1) is 5.16 Å². The third-order valence-corrected chi connectivity index (χ3v) is 1.77. The van der Waals surface area contributed by atoms with Gasteiger partial charge in [0.15, 0.2) is 0 Å². The fourth-order valence-corrected chi connectivity index (χ4v) is 1.07. The van der Waals surface area contributed by atoms with Gasteiger partial charge in [-0.25, -0.2) is 0 Å². The van der Waals surface area contributed by atoms with E-state index in [1.54, 1.807) is 6.21 Å². The van der Waals surface area contributed by atoms with E-state index >= 15 is 0 Å². The van der Waals surface area contributed by atoms with Crippen LogP contribution in [-0.2, 0) is 0 Å². The molecule has 0 unspecified atom stereocenters. The highest BCUT2D eigenvalue weighted by Crippen LogP contribution is 2.05. The molecular formula is C9H19NO. The second kappa shape index (κ2) is 9.47. The van der Waals surface area contributed by atoms with Gasteiger partial charge in [-0.05, 0) is 12.8 Å². The number of oxime groups is 1. The van der Waals surface area contributed by atoms with E-state index in [0.717, 1.165) is 12.8 Å². The minimum absolute atomic E-state index is 0.919. The highest BCUT2D eigenvalue weighted by Gasteiger charge is 1.87. The zero-order valence-corrected chi connectivity index (χ0v) is 7.42. The summed E-state index contributed by atoms with van der Waals surface area (Å²) in [5.74, 6) is 0. The van der Waals surface area contributed by atoms with Crippen molar-refractivity contribution < 1.29 is 5.21 Å². The predicted octanol–water partition coefficient (Wildman–Crippen LogP) is 3.20. The number of rotatable bonds is 7. The summed E-state index contributed by atoms with van der Waals surface area (Å²) in [4.78, 5) is 0. The second-order valence-corrected chi connectivity index (χ2v) is 2.85. The molecule has 0 aromatic heterocycles. The highest BCUT2D eigenvalue weighted by atomic mass is 16.4. The lowest BCUT2D eigenvalue weighted by molar-refractivity contribution is 0.320. The summed E-state index contributed by atoms with van der Waals surface area (Å²) in [6, 6.07) is 0. The molecule has 0 amide bonds. The number of hydrogen-bond acceptors (Lipinski definition) is 2. The van der Waals surface area contributed by atoms with E-state index in [-0.39, 0.29) is 0 Å². The Kier molecular flexibility index (Phi) is 9.01. The lowest BCUT2D eigenvalue weighted by atomic mass is 10.1. The Morgan fingerprint density at radius 3 is 2.36 bits per heavy atom. The van der Waals surface area contributed by atoms with E-state index in [9.17, 15) is 0 Å². The first kappa shape index (κ1) is 10.5. The fraction of sp³-hybridized carbons (Fsp3) is 0.889. The maximum Gasteiger partial charge on any atom is 0.0435 e. The molecule has 0 rings (SSSR count). The Bertz CT molecular complexity index is 91.6. The van der Waals surface area contributed by atoms with Crippen molar-refractivity contribution in [2.24, 2.45) is 5.16 Å². The Morgan fingerprint density at radius 2 is 1.73 bits per heavy atom. The molecule has 0 radical (unpaired) electrons. The molecule has 0 aliphatic heterocycles. The third-order valence-electron chi connectivity index (χ3n) is 1.77. The molecule has 0 aromatic carbocycles. The molecule has 0 fully saturated rings. The fourth-order valence-electron chi connectivity index (χ4n) is 1.07. The monoisotopic (exact) mass is 157 g/mol. The van der Waals surface area contributed by atoms with Gasteiger partial charge >= 0.3 is 0 Å². The minimum atomic E-state index is 0.919. The van der Waals surface area contributed by atoms with Gasteiger partial charge in [0.05, 0.1) is 0 Å². The zero-order valence-electron chi connectivity index (χ0n) is 7.42. The van der Waals surface area contributed by atoms with E-state index in [0.29, 0.717) is 0 Å². The maximum absolute atomic E-state index is 8.08. The van der Waals surface area contributed by atoms with Crippen LogP contribution in [0.15, 0.2) is 5.16 Å². The van der Waals surface area contributed by atoms with E-state index in [1.165, 1.54) is 32.1 Å². The molecule has 2 nitrogen and oxygen atoms in total. The van der Waals surface area contributed by atoms with Crippen LogP contribution >= 0.6 is 0 Å². The van der Waals surface area contributed by atoms with Gasteiger partial charge in [-0.2, -0.15) is 0 Å². The van der Waals surface area contributed by atoms with Crippen molar-refractivity contribution in [1.82, 2.24) is 0 Å². The molecular weight excluding hydrogens is 138 g/mol. The molecule has 0 aliphatic carbocycles. The quantitative estimate of drug-likeness (QED) is 0.262. The standard InChI is InChI=1S/C9H19NO/c1-2-3-4-5-6-7-8-9-10-11/h9,11H,2-8H2,1H3/b10-9-. The van der Waals surface area contributed by atoms with Crippen LogP contribution in [0.3, 0.4) is 0 Å². The van der Waals surface area contributed by atoms with Gasteiger partial charge in [0.2, 0.25) is 0 Å². The first-order valence-electron chi connectivity index (χ1n) is 4.57. The summed E-state index contributed by atoms with van der Waals surface area (Å²) in [6.07, 6.45) is 10.3. The van der Waals surface area contributed by atoms with E-state index in [2.05, 4.69) is 12.1 Å². The van der Waals surface area contributed by atoms with Crippen LogP contribution in [0.25, 0.3) is 0 Å². The van der Waals surface area contributed by atoms with Gasteiger partial charge in [0.25, 0.3) is 0 Å². The molecule has 0 bridgehead atoms. The summed E-state index contributed by atoms with van der Waals surface area (Å²) >= 11 is 0.